The number of nitrogens with zero attached hydrogens (tertiary/aromatic N) is 1. The fourth-order valence-electron chi connectivity index (χ4n) is 3.40. The van der Waals surface area contributed by atoms with E-state index in [9.17, 15) is 26.4 Å². The van der Waals surface area contributed by atoms with Crippen molar-refractivity contribution >= 4 is 16.0 Å². The van der Waals surface area contributed by atoms with Crippen LogP contribution in [0.5, 0.6) is 0 Å². The topological polar surface area (TPSA) is 74.7 Å². The van der Waals surface area contributed by atoms with Gasteiger partial charge in [0.05, 0.1) is 16.7 Å². The zero-order valence-electron chi connectivity index (χ0n) is 12.6. The van der Waals surface area contributed by atoms with E-state index in [-0.39, 0.29) is 4.90 Å². The molecule has 0 radical (unpaired) electrons. The Morgan fingerprint density at radius 2 is 1.83 bits per heavy atom. The number of aryl methyl sites for hydroxylation is 2. The number of fused-ring (bicyclic) bond motifs is 1. The summed E-state index contributed by atoms with van der Waals surface area (Å²) in [6.07, 6.45) is -2.25. The molecule has 9 heteroatoms. The zero-order valence-corrected chi connectivity index (χ0v) is 13.4. The summed E-state index contributed by atoms with van der Waals surface area (Å²) >= 11 is 0. The van der Waals surface area contributed by atoms with Crippen molar-refractivity contribution in [1.82, 2.24) is 4.31 Å². The quantitative estimate of drug-likeness (QED) is 0.892. The fraction of sp³-hybridized carbons (Fsp3) is 0.533. The van der Waals surface area contributed by atoms with Gasteiger partial charge in [-0.2, -0.15) is 17.5 Å². The number of hydrogen-bond donors (Lipinski definition) is 1. The van der Waals surface area contributed by atoms with Crippen molar-refractivity contribution in [3.63, 3.8) is 0 Å². The van der Waals surface area contributed by atoms with Gasteiger partial charge in [0, 0.05) is 13.1 Å². The van der Waals surface area contributed by atoms with Gasteiger partial charge in [-0.1, -0.05) is 6.07 Å². The van der Waals surface area contributed by atoms with Crippen LogP contribution in [0.2, 0.25) is 0 Å². The van der Waals surface area contributed by atoms with E-state index in [0.29, 0.717) is 4.31 Å². The molecule has 0 saturated carbocycles. The second-order valence-electron chi connectivity index (χ2n) is 6.20. The molecule has 0 aromatic heterocycles. The number of benzene rings is 1. The van der Waals surface area contributed by atoms with Crippen LogP contribution in [0.25, 0.3) is 0 Å². The highest BCUT2D eigenvalue weighted by Crippen LogP contribution is 2.40. The standard InChI is InChI=1S/C15H16F3NO4S/c16-15(17,18)13-8-19(7-12(13)14(20)21)24(22,23)11-5-4-9-2-1-3-10(9)6-11/h4-6,12-13H,1-3,7-8H2,(H,20,21)/t12-,13-/m1/s1. The Morgan fingerprint density at radius 1 is 1.17 bits per heavy atom. The Kier molecular flexibility index (Phi) is 4.11. The van der Waals surface area contributed by atoms with Crippen LogP contribution < -0.4 is 0 Å². The summed E-state index contributed by atoms with van der Waals surface area (Å²) in [5.41, 5.74) is 1.93. The number of carbonyl (C=O) groups is 1. The summed E-state index contributed by atoms with van der Waals surface area (Å²) in [5.74, 6) is -5.61. The number of alkyl halides is 3. The molecule has 0 amide bonds. The third kappa shape index (κ3) is 2.90. The predicted molar refractivity (Wildman–Crippen MR) is 77.9 cm³/mol. The Morgan fingerprint density at radius 3 is 2.42 bits per heavy atom. The second kappa shape index (κ2) is 5.73. The van der Waals surface area contributed by atoms with Crippen LogP contribution in [0, 0.1) is 11.8 Å². The molecule has 132 valence electrons. The first-order valence-corrected chi connectivity index (χ1v) is 8.96. The van der Waals surface area contributed by atoms with Crippen molar-refractivity contribution < 1.29 is 31.5 Å². The van der Waals surface area contributed by atoms with Gasteiger partial charge < -0.3 is 5.11 Å². The van der Waals surface area contributed by atoms with Gasteiger partial charge in [0.15, 0.2) is 0 Å². The van der Waals surface area contributed by atoms with Crippen LogP contribution in [0.1, 0.15) is 17.5 Å². The first kappa shape index (κ1) is 17.2. The number of carboxylic acid groups (broad SMARTS) is 1. The summed E-state index contributed by atoms with van der Waals surface area (Å²) < 4.78 is 65.0. The van der Waals surface area contributed by atoms with E-state index in [2.05, 4.69) is 0 Å². The smallest absolute Gasteiger partial charge is 0.393 e. The van der Waals surface area contributed by atoms with E-state index < -0.39 is 47.1 Å². The van der Waals surface area contributed by atoms with Gasteiger partial charge in [-0.25, -0.2) is 8.42 Å². The maximum absolute atomic E-state index is 13.0. The van der Waals surface area contributed by atoms with Gasteiger partial charge in [0.1, 0.15) is 0 Å². The summed E-state index contributed by atoms with van der Waals surface area (Å²) in [4.78, 5) is 11.0. The molecule has 1 aromatic carbocycles. The van der Waals surface area contributed by atoms with E-state index in [1.807, 2.05) is 0 Å². The molecule has 2 atom stereocenters. The maximum atomic E-state index is 13.0. The minimum Gasteiger partial charge on any atom is -0.481 e. The van der Waals surface area contributed by atoms with Crippen LogP contribution in [0.3, 0.4) is 0 Å². The van der Waals surface area contributed by atoms with E-state index in [4.69, 9.17) is 5.11 Å². The molecule has 1 fully saturated rings. The van der Waals surface area contributed by atoms with Gasteiger partial charge in [-0.15, -0.1) is 0 Å². The third-order valence-corrected chi connectivity index (χ3v) is 6.56. The van der Waals surface area contributed by atoms with E-state index in [1.54, 1.807) is 6.07 Å². The molecule has 0 bridgehead atoms. The average Bonchev–Trinajstić information content (AvgIpc) is 3.13. The van der Waals surface area contributed by atoms with Crippen LogP contribution in [0.4, 0.5) is 13.2 Å². The van der Waals surface area contributed by atoms with Crippen molar-refractivity contribution in [1.29, 1.82) is 0 Å². The summed E-state index contributed by atoms with van der Waals surface area (Å²) in [7, 11) is -4.15. The van der Waals surface area contributed by atoms with Gasteiger partial charge in [0.25, 0.3) is 0 Å². The highest BCUT2D eigenvalue weighted by atomic mass is 32.2. The number of halogens is 3. The molecule has 1 heterocycles. The molecule has 0 unspecified atom stereocenters. The van der Waals surface area contributed by atoms with Gasteiger partial charge >= 0.3 is 12.1 Å². The Balaban J connectivity index is 1.92. The minimum absolute atomic E-state index is 0.0740. The molecule has 1 saturated heterocycles. The van der Waals surface area contributed by atoms with Crippen molar-refractivity contribution in [2.75, 3.05) is 13.1 Å². The first-order valence-electron chi connectivity index (χ1n) is 7.52. The Labute approximate surface area is 137 Å². The Hall–Kier alpha value is -1.61. The zero-order chi connectivity index (χ0) is 17.7. The average molecular weight is 363 g/mol. The van der Waals surface area contributed by atoms with E-state index in [1.165, 1.54) is 12.1 Å². The van der Waals surface area contributed by atoms with E-state index in [0.717, 1.165) is 30.4 Å². The molecule has 0 spiro atoms. The molecule has 2 aliphatic rings. The third-order valence-electron chi connectivity index (χ3n) is 4.73. The molecule has 1 N–H and O–H groups in total. The lowest BCUT2D eigenvalue weighted by molar-refractivity contribution is -0.187. The normalized spacial score (nSPS) is 25.0. The molecule has 5 nitrogen and oxygen atoms in total. The highest BCUT2D eigenvalue weighted by Gasteiger charge is 2.55. The van der Waals surface area contributed by atoms with Crippen LogP contribution in [0.15, 0.2) is 23.1 Å². The van der Waals surface area contributed by atoms with Crippen LogP contribution in [-0.2, 0) is 27.7 Å². The van der Waals surface area contributed by atoms with Crippen LogP contribution in [-0.4, -0.2) is 43.1 Å². The number of hydrogen-bond acceptors (Lipinski definition) is 3. The lowest BCUT2D eigenvalue weighted by Crippen LogP contribution is -2.34. The van der Waals surface area contributed by atoms with Gasteiger partial charge in [-0.05, 0) is 42.5 Å². The number of carboxylic acids is 1. The molecular weight excluding hydrogens is 347 g/mol. The molecule has 3 rings (SSSR count). The summed E-state index contributed by atoms with van der Waals surface area (Å²) in [6.45, 7) is -1.53. The SMILES string of the molecule is O=C(O)[C@@H]1CN(S(=O)(=O)c2ccc3c(c2)CCC3)C[C@H]1C(F)(F)F. The minimum atomic E-state index is -4.76. The predicted octanol–water partition coefficient (Wildman–Crippen LogP) is 2.06. The Bertz CT molecular complexity index is 775. The summed E-state index contributed by atoms with van der Waals surface area (Å²) in [6, 6.07) is 4.56. The van der Waals surface area contributed by atoms with Gasteiger partial charge in [-0.3, -0.25) is 4.79 Å². The lowest BCUT2D eigenvalue weighted by atomic mass is 9.96. The highest BCUT2D eigenvalue weighted by molar-refractivity contribution is 7.89. The number of sulfonamides is 1. The van der Waals surface area contributed by atoms with Crippen molar-refractivity contribution in [2.24, 2.45) is 11.8 Å². The summed E-state index contributed by atoms with van der Waals surface area (Å²) in [5, 5.41) is 9.01. The van der Waals surface area contributed by atoms with Gasteiger partial charge in [0.2, 0.25) is 10.0 Å². The van der Waals surface area contributed by atoms with Crippen LogP contribution >= 0.6 is 0 Å². The largest absolute Gasteiger partial charge is 0.481 e. The lowest BCUT2D eigenvalue weighted by Gasteiger charge is -2.18. The monoisotopic (exact) mass is 363 g/mol. The molecule has 1 aliphatic carbocycles. The molecule has 24 heavy (non-hydrogen) atoms. The van der Waals surface area contributed by atoms with Crippen molar-refractivity contribution in [2.45, 2.75) is 30.3 Å². The molecule has 1 aromatic rings. The molecule has 1 aliphatic heterocycles. The number of rotatable bonds is 3. The fourth-order valence-corrected chi connectivity index (χ4v) is 4.95. The number of aliphatic carboxylic acids is 1. The second-order valence-corrected chi connectivity index (χ2v) is 8.14. The van der Waals surface area contributed by atoms with E-state index >= 15 is 0 Å². The first-order chi connectivity index (χ1) is 11.1. The molecular formula is C15H16F3NO4S. The van der Waals surface area contributed by atoms with Crippen molar-refractivity contribution in [3.05, 3.63) is 29.3 Å². The van der Waals surface area contributed by atoms with Crippen molar-refractivity contribution in [3.8, 4) is 0 Å². The maximum Gasteiger partial charge on any atom is 0.393 e.